The predicted molar refractivity (Wildman–Crippen MR) is 152 cm³/mol. The van der Waals surface area contributed by atoms with Gasteiger partial charge in [0.2, 0.25) is 0 Å². The van der Waals surface area contributed by atoms with Gasteiger partial charge >= 0.3 is 0 Å². The van der Waals surface area contributed by atoms with E-state index >= 15 is 0 Å². The summed E-state index contributed by atoms with van der Waals surface area (Å²) >= 11 is 12.7. The Bertz CT molecular complexity index is 1540. The zero-order valence-corrected chi connectivity index (χ0v) is 22.4. The van der Waals surface area contributed by atoms with Gasteiger partial charge in [0, 0.05) is 39.3 Å². The van der Waals surface area contributed by atoms with Crippen LogP contribution in [0.4, 0.5) is 5.69 Å². The van der Waals surface area contributed by atoms with Crippen molar-refractivity contribution in [2.45, 2.75) is 18.0 Å². The van der Waals surface area contributed by atoms with Crippen LogP contribution in [0, 0.1) is 5.92 Å². The Kier molecular flexibility index (Phi) is 6.35. The largest absolute Gasteiger partial charge is 0.306 e. The van der Waals surface area contributed by atoms with E-state index in [1.807, 2.05) is 115 Å². The van der Waals surface area contributed by atoms with Crippen LogP contribution >= 0.6 is 23.2 Å². The SMILES string of the molecule is CN1C[C@H](c2cccc(Cl)c2)[C@H](C(=O)c2ccccc2)[C@@]12C(=O)N(Cc1cccc(Cl)c1)c1ccccc12. The number of hydrogen-bond acceptors (Lipinski definition) is 3. The Labute approximate surface area is 232 Å². The number of para-hydroxylation sites is 1. The highest BCUT2D eigenvalue weighted by atomic mass is 35.5. The average molecular weight is 541 g/mol. The summed E-state index contributed by atoms with van der Waals surface area (Å²) in [6, 6.07) is 32.3. The highest BCUT2D eigenvalue weighted by molar-refractivity contribution is 6.31. The van der Waals surface area contributed by atoms with E-state index in [1.165, 1.54) is 0 Å². The Morgan fingerprint density at radius 3 is 2.29 bits per heavy atom. The van der Waals surface area contributed by atoms with Crippen LogP contribution in [-0.2, 0) is 16.9 Å². The van der Waals surface area contributed by atoms with Crippen molar-refractivity contribution in [3.63, 3.8) is 0 Å². The second-order valence-corrected chi connectivity index (χ2v) is 10.9. The lowest BCUT2D eigenvalue weighted by Crippen LogP contribution is -2.53. The van der Waals surface area contributed by atoms with Gasteiger partial charge in [-0.2, -0.15) is 0 Å². The minimum Gasteiger partial charge on any atom is -0.306 e. The maximum atomic E-state index is 14.7. The van der Waals surface area contributed by atoms with Crippen molar-refractivity contribution in [1.29, 1.82) is 0 Å². The van der Waals surface area contributed by atoms with Gasteiger partial charge in [0.15, 0.2) is 5.78 Å². The molecule has 6 heteroatoms. The summed E-state index contributed by atoms with van der Waals surface area (Å²) in [6.07, 6.45) is 0. The number of likely N-dealkylation sites (N-methyl/N-ethyl adjacent to an activating group) is 1. The number of benzene rings is 4. The van der Waals surface area contributed by atoms with E-state index in [-0.39, 0.29) is 17.6 Å². The zero-order chi connectivity index (χ0) is 26.4. The van der Waals surface area contributed by atoms with Crippen LogP contribution in [0.15, 0.2) is 103 Å². The molecule has 2 aliphatic heterocycles. The first kappa shape index (κ1) is 24.9. The normalized spacial score (nSPS) is 22.7. The van der Waals surface area contributed by atoms with Crippen molar-refractivity contribution in [3.05, 3.63) is 135 Å². The first-order valence-corrected chi connectivity index (χ1v) is 13.4. The minimum absolute atomic E-state index is 0.0484. The monoisotopic (exact) mass is 540 g/mol. The summed E-state index contributed by atoms with van der Waals surface area (Å²) in [7, 11) is 1.95. The van der Waals surface area contributed by atoms with Crippen molar-refractivity contribution in [2.75, 3.05) is 18.5 Å². The molecule has 0 saturated carbocycles. The summed E-state index contributed by atoms with van der Waals surface area (Å²) in [6.45, 7) is 0.898. The smallest absolute Gasteiger partial charge is 0.253 e. The lowest BCUT2D eigenvalue weighted by atomic mass is 9.70. The molecule has 1 saturated heterocycles. The molecule has 190 valence electrons. The van der Waals surface area contributed by atoms with Crippen LogP contribution in [0.5, 0.6) is 0 Å². The molecule has 2 aliphatic rings. The summed E-state index contributed by atoms with van der Waals surface area (Å²) in [5.41, 5.74) is 2.99. The maximum absolute atomic E-state index is 14.7. The molecular weight excluding hydrogens is 515 g/mol. The number of Topliss-reactive ketones (excluding diaryl/α,β-unsaturated/α-hetero) is 1. The number of nitrogens with zero attached hydrogens (tertiary/aromatic N) is 2. The van der Waals surface area contributed by atoms with Crippen LogP contribution in [-0.4, -0.2) is 30.2 Å². The van der Waals surface area contributed by atoms with Gasteiger partial charge in [-0.1, -0.05) is 96.0 Å². The first-order chi connectivity index (χ1) is 18.4. The Morgan fingerprint density at radius 2 is 1.55 bits per heavy atom. The number of ketones is 1. The summed E-state index contributed by atoms with van der Waals surface area (Å²) in [5, 5.41) is 1.23. The van der Waals surface area contributed by atoms with Crippen LogP contribution in [0.3, 0.4) is 0 Å². The van der Waals surface area contributed by atoms with Crippen LogP contribution in [0.2, 0.25) is 10.0 Å². The van der Waals surface area contributed by atoms with Crippen LogP contribution in [0.25, 0.3) is 0 Å². The van der Waals surface area contributed by atoms with Gasteiger partial charge in [0.05, 0.1) is 12.5 Å². The molecule has 0 N–H and O–H groups in total. The number of rotatable bonds is 5. The first-order valence-electron chi connectivity index (χ1n) is 12.6. The molecule has 2 heterocycles. The third-order valence-electron chi connectivity index (χ3n) is 7.95. The molecule has 3 atom stereocenters. The molecule has 0 unspecified atom stereocenters. The molecule has 38 heavy (non-hydrogen) atoms. The van der Waals surface area contributed by atoms with Crippen molar-refractivity contribution < 1.29 is 9.59 Å². The van der Waals surface area contributed by atoms with Crippen LogP contribution in [0.1, 0.15) is 33.0 Å². The molecule has 4 aromatic rings. The van der Waals surface area contributed by atoms with Gasteiger partial charge in [0.1, 0.15) is 5.54 Å². The molecule has 1 spiro atoms. The maximum Gasteiger partial charge on any atom is 0.253 e. The number of hydrogen-bond donors (Lipinski definition) is 0. The molecule has 0 aliphatic carbocycles. The predicted octanol–water partition coefficient (Wildman–Crippen LogP) is 6.96. The van der Waals surface area contributed by atoms with Crippen molar-refractivity contribution in [1.82, 2.24) is 4.90 Å². The number of fused-ring (bicyclic) bond motifs is 2. The molecular formula is C32H26Cl2N2O2. The third kappa shape index (κ3) is 3.87. The van der Waals surface area contributed by atoms with Crippen molar-refractivity contribution >= 4 is 40.6 Å². The Morgan fingerprint density at radius 1 is 0.868 bits per heavy atom. The van der Waals surface area contributed by atoms with Gasteiger partial charge < -0.3 is 4.90 Å². The second-order valence-electron chi connectivity index (χ2n) is 10.1. The van der Waals surface area contributed by atoms with E-state index in [9.17, 15) is 9.59 Å². The molecule has 4 aromatic carbocycles. The molecule has 0 radical (unpaired) electrons. The Balaban J connectivity index is 1.54. The molecule has 0 bridgehead atoms. The van der Waals surface area contributed by atoms with Gasteiger partial charge in [-0.3, -0.25) is 14.5 Å². The summed E-state index contributed by atoms with van der Waals surface area (Å²) in [5.74, 6) is -1.02. The fraction of sp³-hybridized carbons (Fsp3) is 0.188. The van der Waals surface area contributed by atoms with Crippen LogP contribution < -0.4 is 4.90 Å². The quantitative estimate of drug-likeness (QED) is 0.257. The fourth-order valence-corrected chi connectivity index (χ4v) is 6.78. The van der Waals surface area contributed by atoms with E-state index in [0.717, 1.165) is 22.4 Å². The lowest BCUT2D eigenvalue weighted by Gasteiger charge is -2.36. The number of amides is 1. The highest BCUT2D eigenvalue weighted by Crippen LogP contribution is 2.57. The topological polar surface area (TPSA) is 40.6 Å². The molecule has 1 fully saturated rings. The van der Waals surface area contributed by atoms with E-state index < -0.39 is 11.5 Å². The van der Waals surface area contributed by atoms with Crippen molar-refractivity contribution in [3.8, 4) is 0 Å². The molecule has 1 amide bonds. The Hall–Kier alpha value is -3.44. The van der Waals surface area contributed by atoms with Gasteiger partial charge in [0.25, 0.3) is 5.91 Å². The second kappa shape index (κ2) is 9.70. The number of carbonyl (C=O) groups is 2. The number of carbonyl (C=O) groups excluding carboxylic acids is 2. The van der Waals surface area contributed by atoms with Crippen molar-refractivity contribution in [2.24, 2.45) is 5.92 Å². The van der Waals surface area contributed by atoms with Gasteiger partial charge in [-0.15, -0.1) is 0 Å². The summed E-state index contributed by atoms with van der Waals surface area (Å²) in [4.78, 5) is 33.1. The van der Waals surface area contributed by atoms with E-state index in [4.69, 9.17) is 23.2 Å². The number of halogens is 2. The highest BCUT2D eigenvalue weighted by Gasteiger charge is 2.66. The van der Waals surface area contributed by atoms with Gasteiger partial charge in [-0.25, -0.2) is 0 Å². The number of likely N-dealkylation sites (tertiary alicyclic amines) is 1. The zero-order valence-electron chi connectivity index (χ0n) is 20.9. The van der Waals surface area contributed by atoms with E-state index in [1.54, 1.807) is 0 Å². The van der Waals surface area contributed by atoms with Gasteiger partial charge in [-0.05, 0) is 48.5 Å². The fourth-order valence-electron chi connectivity index (χ4n) is 6.37. The standard InChI is InChI=1S/C32H26Cl2N2O2/c1-35-20-26(23-12-8-14-25(34)18-23)29(30(37)22-10-3-2-4-11-22)32(35)27-15-5-6-16-28(27)36(31(32)38)19-21-9-7-13-24(33)17-21/h2-18,26,29H,19-20H2,1H3/t26-,29-,32+/m1/s1. The molecule has 0 aromatic heterocycles. The summed E-state index contributed by atoms with van der Waals surface area (Å²) < 4.78 is 0. The molecule has 4 nitrogen and oxygen atoms in total. The van der Waals surface area contributed by atoms with E-state index in [0.29, 0.717) is 28.7 Å². The lowest BCUT2D eigenvalue weighted by molar-refractivity contribution is -0.129. The third-order valence-corrected chi connectivity index (χ3v) is 8.42. The number of anilines is 1. The average Bonchev–Trinajstić information content (AvgIpc) is 3.37. The molecule has 6 rings (SSSR count). The van der Waals surface area contributed by atoms with E-state index in [2.05, 4.69) is 4.90 Å². The minimum atomic E-state index is -1.16.